The maximum atomic E-state index is 13.5. The quantitative estimate of drug-likeness (QED) is 0.680. The van der Waals surface area contributed by atoms with Crippen LogP contribution in [-0.2, 0) is 4.79 Å². The topological polar surface area (TPSA) is 54.4 Å². The molecule has 1 aliphatic rings. The number of hydrogen-bond donors (Lipinski definition) is 1. The fraction of sp³-hybridized carbons (Fsp3) is 0.385. The van der Waals surface area contributed by atoms with Gasteiger partial charge in [0.2, 0.25) is 0 Å². The zero-order valence-corrected chi connectivity index (χ0v) is 9.83. The van der Waals surface area contributed by atoms with Gasteiger partial charge in [-0.2, -0.15) is 0 Å². The Balaban J connectivity index is 2.34. The first-order valence-corrected chi connectivity index (χ1v) is 5.83. The Morgan fingerprint density at radius 1 is 1.00 bits per heavy atom. The molecular weight excluding hydrogens is 261 g/mol. The Labute approximate surface area is 107 Å². The molecule has 1 saturated carbocycles. The van der Waals surface area contributed by atoms with Crippen LogP contribution in [0.2, 0.25) is 0 Å². The molecular formula is C13H11F3O3. The van der Waals surface area contributed by atoms with Crippen LogP contribution in [0, 0.1) is 29.3 Å². The predicted octanol–water partition coefficient (Wildman–Crippen LogP) is 2.79. The van der Waals surface area contributed by atoms with Crippen molar-refractivity contribution in [1.82, 2.24) is 0 Å². The summed E-state index contributed by atoms with van der Waals surface area (Å²) in [7, 11) is 0. The number of carboxylic acid groups (broad SMARTS) is 1. The lowest BCUT2D eigenvalue weighted by molar-refractivity contribution is -0.142. The molecule has 0 heterocycles. The molecule has 0 aromatic heterocycles. The third kappa shape index (κ3) is 2.47. The van der Waals surface area contributed by atoms with Gasteiger partial charge in [0.25, 0.3) is 0 Å². The maximum absolute atomic E-state index is 13.5. The molecule has 0 amide bonds. The first-order valence-electron chi connectivity index (χ1n) is 5.83. The molecule has 0 aliphatic heterocycles. The smallest absolute Gasteiger partial charge is 0.307 e. The zero-order chi connectivity index (χ0) is 14.2. The highest BCUT2D eigenvalue weighted by Crippen LogP contribution is 2.35. The Kier molecular flexibility index (Phi) is 3.59. The fourth-order valence-electron chi connectivity index (χ4n) is 2.48. The van der Waals surface area contributed by atoms with Crippen LogP contribution in [0.15, 0.2) is 12.1 Å². The SMILES string of the molecule is O=C(O)C1CCCC1C(=O)c1cc(F)c(F)cc1F. The Hall–Kier alpha value is -1.85. The van der Waals surface area contributed by atoms with Gasteiger partial charge >= 0.3 is 5.97 Å². The van der Waals surface area contributed by atoms with Crippen molar-refractivity contribution in [3.05, 3.63) is 35.1 Å². The summed E-state index contributed by atoms with van der Waals surface area (Å²) >= 11 is 0. The average molecular weight is 272 g/mol. The molecule has 0 bridgehead atoms. The number of Topliss-reactive ketones (excluding diaryl/α,β-unsaturated/α-hetero) is 1. The molecule has 2 rings (SSSR count). The van der Waals surface area contributed by atoms with Crippen molar-refractivity contribution in [1.29, 1.82) is 0 Å². The van der Waals surface area contributed by atoms with Crippen molar-refractivity contribution in [2.24, 2.45) is 11.8 Å². The monoisotopic (exact) mass is 272 g/mol. The number of aliphatic carboxylic acids is 1. The first kappa shape index (κ1) is 13.6. The van der Waals surface area contributed by atoms with Crippen LogP contribution in [0.1, 0.15) is 29.6 Å². The number of carbonyl (C=O) groups is 2. The maximum Gasteiger partial charge on any atom is 0.307 e. The molecule has 19 heavy (non-hydrogen) atoms. The summed E-state index contributed by atoms with van der Waals surface area (Å²) in [6.07, 6.45) is 1.18. The second-order valence-corrected chi connectivity index (χ2v) is 4.59. The molecule has 2 atom stereocenters. The highest BCUT2D eigenvalue weighted by atomic mass is 19.2. The van der Waals surface area contributed by atoms with E-state index in [0.29, 0.717) is 31.4 Å². The van der Waals surface area contributed by atoms with Crippen LogP contribution in [-0.4, -0.2) is 16.9 Å². The van der Waals surface area contributed by atoms with Gasteiger partial charge in [0.15, 0.2) is 17.4 Å². The molecule has 0 spiro atoms. The van der Waals surface area contributed by atoms with Crippen molar-refractivity contribution >= 4 is 11.8 Å². The largest absolute Gasteiger partial charge is 0.481 e. The van der Waals surface area contributed by atoms with Gasteiger partial charge in [0, 0.05) is 12.0 Å². The van der Waals surface area contributed by atoms with Gasteiger partial charge in [-0.3, -0.25) is 9.59 Å². The molecule has 1 aromatic rings. The number of benzene rings is 1. The molecule has 102 valence electrons. The van der Waals surface area contributed by atoms with E-state index in [1.54, 1.807) is 0 Å². The third-order valence-electron chi connectivity index (χ3n) is 3.45. The number of carbonyl (C=O) groups excluding carboxylic acids is 1. The molecule has 1 fully saturated rings. The molecule has 1 N–H and O–H groups in total. The number of rotatable bonds is 3. The van der Waals surface area contributed by atoms with Crippen molar-refractivity contribution in [3.8, 4) is 0 Å². The van der Waals surface area contributed by atoms with E-state index in [2.05, 4.69) is 0 Å². The molecule has 1 aliphatic carbocycles. The van der Waals surface area contributed by atoms with Crippen LogP contribution in [0.25, 0.3) is 0 Å². The van der Waals surface area contributed by atoms with Gasteiger partial charge in [0.05, 0.1) is 11.5 Å². The molecule has 2 unspecified atom stereocenters. The van der Waals surface area contributed by atoms with Crippen molar-refractivity contribution in [3.63, 3.8) is 0 Å². The minimum absolute atomic E-state index is 0.299. The van der Waals surface area contributed by atoms with E-state index < -0.39 is 46.6 Å². The predicted molar refractivity (Wildman–Crippen MR) is 59.1 cm³/mol. The molecule has 0 saturated heterocycles. The van der Waals surface area contributed by atoms with Crippen molar-refractivity contribution in [2.75, 3.05) is 0 Å². The van der Waals surface area contributed by atoms with E-state index in [-0.39, 0.29) is 0 Å². The van der Waals surface area contributed by atoms with Gasteiger partial charge in [0.1, 0.15) is 5.82 Å². The lowest BCUT2D eigenvalue weighted by Crippen LogP contribution is -2.26. The molecule has 1 aromatic carbocycles. The normalized spacial score (nSPS) is 22.5. The van der Waals surface area contributed by atoms with Crippen LogP contribution >= 0.6 is 0 Å². The fourth-order valence-corrected chi connectivity index (χ4v) is 2.48. The number of ketones is 1. The highest BCUT2D eigenvalue weighted by Gasteiger charge is 2.39. The summed E-state index contributed by atoms with van der Waals surface area (Å²) in [5, 5.41) is 8.97. The minimum Gasteiger partial charge on any atom is -0.481 e. The van der Waals surface area contributed by atoms with E-state index in [0.717, 1.165) is 0 Å². The second-order valence-electron chi connectivity index (χ2n) is 4.59. The number of hydrogen-bond acceptors (Lipinski definition) is 2. The minimum atomic E-state index is -1.38. The van der Waals surface area contributed by atoms with E-state index in [4.69, 9.17) is 5.11 Å². The summed E-state index contributed by atoms with van der Waals surface area (Å²) in [4.78, 5) is 23.0. The van der Waals surface area contributed by atoms with Gasteiger partial charge in [-0.15, -0.1) is 0 Å². The van der Waals surface area contributed by atoms with E-state index in [9.17, 15) is 22.8 Å². The summed E-state index contributed by atoms with van der Waals surface area (Å²) in [6.45, 7) is 0. The third-order valence-corrected chi connectivity index (χ3v) is 3.45. The first-order chi connectivity index (χ1) is 8.91. The Bertz CT molecular complexity index is 542. The second kappa shape index (κ2) is 5.03. The lowest BCUT2D eigenvalue weighted by atomic mass is 9.88. The summed E-state index contributed by atoms with van der Waals surface area (Å²) in [5.41, 5.74) is -0.586. The van der Waals surface area contributed by atoms with Gasteiger partial charge < -0.3 is 5.11 Å². The summed E-state index contributed by atoms with van der Waals surface area (Å²) < 4.78 is 39.3. The number of carboxylic acids is 1. The Morgan fingerprint density at radius 2 is 1.58 bits per heavy atom. The van der Waals surface area contributed by atoms with Crippen molar-refractivity contribution < 1.29 is 27.9 Å². The standard InChI is InChI=1S/C13H11F3O3/c14-9-5-11(16)10(15)4-8(9)12(17)6-2-1-3-7(6)13(18)19/h4-7H,1-3H2,(H,18,19). The summed E-state index contributed by atoms with van der Waals surface area (Å²) in [5.74, 6) is -7.54. The lowest BCUT2D eigenvalue weighted by Gasteiger charge is -2.15. The van der Waals surface area contributed by atoms with Crippen LogP contribution in [0.4, 0.5) is 13.2 Å². The van der Waals surface area contributed by atoms with E-state index in [1.807, 2.05) is 0 Å². The Morgan fingerprint density at radius 3 is 2.21 bits per heavy atom. The van der Waals surface area contributed by atoms with Gasteiger partial charge in [-0.1, -0.05) is 6.42 Å². The van der Waals surface area contributed by atoms with Gasteiger partial charge in [-0.25, -0.2) is 13.2 Å². The molecule has 0 radical (unpaired) electrons. The summed E-state index contributed by atoms with van der Waals surface area (Å²) in [6, 6.07) is 0.789. The average Bonchev–Trinajstić information content (AvgIpc) is 2.82. The van der Waals surface area contributed by atoms with Crippen LogP contribution in [0.5, 0.6) is 0 Å². The number of halogens is 3. The highest BCUT2D eigenvalue weighted by molar-refractivity contribution is 6.00. The van der Waals surface area contributed by atoms with Gasteiger partial charge in [-0.05, 0) is 18.9 Å². The van der Waals surface area contributed by atoms with Crippen LogP contribution in [0.3, 0.4) is 0 Å². The van der Waals surface area contributed by atoms with Crippen molar-refractivity contribution in [2.45, 2.75) is 19.3 Å². The molecule has 3 nitrogen and oxygen atoms in total. The van der Waals surface area contributed by atoms with E-state index in [1.165, 1.54) is 0 Å². The molecule has 6 heteroatoms. The van der Waals surface area contributed by atoms with E-state index >= 15 is 0 Å². The zero-order valence-electron chi connectivity index (χ0n) is 9.83. The van der Waals surface area contributed by atoms with Crippen LogP contribution < -0.4 is 0 Å².